The monoisotopic (exact) mass is 188 g/mol. The van der Waals surface area contributed by atoms with E-state index in [-0.39, 0.29) is 5.57 Å². The maximum atomic E-state index is 10.5. The summed E-state index contributed by atoms with van der Waals surface area (Å²) in [5.41, 5.74) is 1.16. The maximum Gasteiger partial charge on any atom is 0.346 e. The molecule has 0 bridgehead atoms. The summed E-state index contributed by atoms with van der Waals surface area (Å²) >= 11 is 0. The Morgan fingerprint density at radius 1 is 1.71 bits per heavy atom. The number of carbonyl (C=O) groups is 1. The second-order valence-electron chi connectivity index (χ2n) is 2.71. The first-order valence-corrected chi connectivity index (χ1v) is 3.91. The molecule has 0 amide bonds. The molecule has 4 heteroatoms. The summed E-state index contributed by atoms with van der Waals surface area (Å²) in [4.78, 5) is 14.5. The van der Waals surface area contributed by atoms with E-state index in [9.17, 15) is 4.79 Å². The number of rotatable bonds is 2. The molecule has 0 fully saturated rings. The zero-order valence-electron chi connectivity index (χ0n) is 7.56. The minimum atomic E-state index is -1.22. The topological polar surface area (TPSA) is 74.0 Å². The van der Waals surface area contributed by atoms with Crippen molar-refractivity contribution < 1.29 is 9.90 Å². The van der Waals surface area contributed by atoms with Crippen molar-refractivity contribution in [2.75, 3.05) is 0 Å². The van der Waals surface area contributed by atoms with Crippen molar-refractivity contribution in [1.29, 1.82) is 5.26 Å². The minimum Gasteiger partial charge on any atom is -0.477 e. The van der Waals surface area contributed by atoms with Gasteiger partial charge in [-0.25, -0.2) is 4.79 Å². The summed E-state index contributed by atoms with van der Waals surface area (Å²) in [6.07, 6.45) is 2.88. The van der Waals surface area contributed by atoms with Crippen molar-refractivity contribution in [3.63, 3.8) is 0 Å². The third-order valence-corrected chi connectivity index (χ3v) is 1.58. The minimum absolute atomic E-state index is 0.282. The third-order valence-electron chi connectivity index (χ3n) is 1.58. The van der Waals surface area contributed by atoms with Gasteiger partial charge in [-0.1, -0.05) is 0 Å². The van der Waals surface area contributed by atoms with Gasteiger partial charge < -0.3 is 5.11 Å². The number of nitriles is 1. The van der Waals surface area contributed by atoms with Crippen LogP contribution in [0.4, 0.5) is 0 Å². The quantitative estimate of drug-likeness (QED) is 0.562. The van der Waals surface area contributed by atoms with Gasteiger partial charge in [-0.2, -0.15) is 5.26 Å². The molecule has 1 aromatic rings. The van der Waals surface area contributed by atoms with Crippen LogP contribution in [-0.2, 0) is 4.79 Å². The first-order chi connectivity index (χ1) is 6.63. The molecule has 0 aromatic carbocycles. The van der Waals surface area contributed by atoms with Crippen molar-refractivity contribution in [1.82, 2.24) is 4.98 Å². The molecular formula is C10H8N2O2. The predicted molar refractivity (Wildman–Crippen MR) is 50.2 cm³/mol. The van der Waals surface area contributed by atoms with Crippen LogP contribution in [0, 0.1) is 18.3 Å². The Morgan fingerprint density at radius 3 is 2.93 bits per heavy atom. The molecule has 14 heavy (non-hydrogen) atoms. The van der Waals surface area contributed by atoms with Gasteiger partial charge in [-0.3, -0.25) is 4.98 Å². The number of carboxylic acid groups (broad SMARTS) is 1. The van der Waals surface area contributed by atoms with E-state index in [1.165, 1.54) is 6.08 Å². The van der Waals surface area contributed by atoms with E-state index in [2.05, 4.69) is 4.98 Å². The molecule has 0 saturated carbocycles. The van der Waals surface area contributed by atoms with Crippen LogP contribution in [0.5, 0.6) is 0 Å². The van der Waals surface area contributed by atoms with Crippen LogP contribution in [0.15, 0.2) is 23.9 Å². The van der Waals surface area contributed by atoms with Crippen molar-refractivity contribution in [2.24, 2.45) is 0 Å². The van der Waals surface area contributed by atoms with Gasteiger partial charge in [0.15, 0.2) is 0 Å². The highest BCUT2D eigenvalue weighted by Gasteiger charge is 2.05. The molecule has 4 nitrogen and oxygen atoms in total. The van der Waals surface area contributed by atoms with Crippen LogP contribution in [0.1, 0.15) is 11.3 Å². The molecule has 1 rings (SSSR count). The summed E-state index contributed by atoms with van der Waals surface area (Å²) in [5.74, 6) is -1.22. The Kier molecular flexibility index (Phi) is 2.97. The largest absolute Gasteiger partial charge is 0.477 e. The lowest BCUT2D eigenvalue weighted by molar-refractivity contribution is -0.132. The summed E-state index contributed by atoms with van der Waals surface area (Å²) in [6.45, 7) is 1.80. The van der Waals surface area contributed by atoms with Crippen molar-refractivity contribution >= 4 is 12.0 Å². The van der Waals surface area contributed by atoms with Crippen molar-refractivity contribution in [3.05, 3.63) is 35.2 Å². The highest BCUT2D eigenvalue weighted by molar-refractivity contribution is 5.96. The molecule has 0 radical (unpaired) electrons. The van der Waals surface area contributed by atoms with E-state index in [1.807, 2.05) is 0 Å². The second-order valence-corrected chi connectivity index (χ2v) is 2.71. The van der Waals surface area contributed by atoms with Gasteiger partial charge in [0, 0.05) is 11.9 Å². The fourth-order valence-corrected chi connectivity index (χ4v) is 0.966. The van der Waals surface area contributed by atoms with Gasteiger partial charge in [0.25, 0.3) is 0 Å². The first kappa shape index (κ1) is 9.93. The van der Waals surface area contributed by atoms with E-state index < -0.39 is 5.97 Å². The fraction of sp³-hybridized carbons (Fsp3) is 0.100. The van der Waals surface area contributed by atoms with Crippen molar-refractivity contribution in [3.8, 4) is 6.07 Å². The van der Waals surface area contributed by atoms with Crippen molar-refractivity contribution in [2.45, 2.75) is 6.92 Å². The molecule has 0 atom stereocenters. The molecule has 0 aliphatic rings. The Bertz CT molecular complexity index is 430. The number of aliphatic carboxylic acids is 1. The zero-order valence-corrected chi connectivity index (χ0v) is 7.56. The lowest BCUT2D eigenvalue weighted by Crippen LogP contribution is -1.97. The van der Waals surface area contributed by atoms with Gasteiger partial charge >= 0.3 is 5.97 Å². The lowest BCUT2D eigenvalue weighted by atomic mass is 10.1. The third kappa shape index (κ3) is 2.42. The van der Waals surface area contributed by atoms with Crippen LogP contribution >= 0.6 is 0 Å². The molecule has 0 aliphatic carbocycles. The van der Waals surface area contributed by atoms with Gasteiger partial charge in [0.1, 0.15) is 11.6 Å². The van der Waals surface area contributed by atoms with Crippen LogP contribution in [0.2, 0.25) is 0 Å². The fourth-order valence-electron chi connectivity index (χ4n) is 0.966. The van der Waals surface area contributed by atoms with E-state index in [0.29, 0.717) is 5.56 Å². The Labute approximate surface area is 81.1 Å². The number of nitrogens with zero attached hydrogens (tertiary/aromatic N) is 2. The van der Waals surface area contributed by atoms with E-state index in [4.69, 9.17) is 10.4 Å². The molecule has 0 saturated heterocycles. The van der Waals surface area contributed by atoms with Crippen LogP contribution in [0.25, 0.3) is 6.08 Å². The molecule has 0 aliphatic heterocycles. The number of carboxylic acids is 1. The molecule has 1 heterocycles. The maximum absolute atomic E-state index is 10.5. The summed E-state index contributed by atoms with van der Waals surface area (Å²) in [6, 6.07) is 4.97. The first-order valence-electron chi connectivity index (χ1n) is 3.91. The highest BCUT2D eigenvalue weighted by Crippen LogP contribution is 2.07. The number of pyridine rings is 1. The lowest BCUT2D eigenvalue weighted by Gasteiger charge is -1.95. The highest BCUT2D eigenvalue weighted by atomic mass is 16.4. The Morgan fingerprint density at radius 2 is 2.43 bits per heavy atom. The van der Waals surface area contributed by atoms with E-state index >= 15 is 0 Å². The summed E-state index contributed by atoms with van der Waals surface area (Å²) < 4.78 is 0. The molecule has 70 valence electrons. The average molecular weight is 188 g/mol. The smallest absolute Gasteiger partial charge is 0.346 e. The van der Waals surface area contributed by atoms with Crippen LogP contribution < -0.4 is 0 Å². The molecule has 0 unspecified atom stereocenters. The standard InChI is InChI=1S/C10H8N2O2/c1-7-4-8(2-3-12-7)5-9(6-11)10(13)14/h2-5H,1H3,(H,13,14). The molecule has 1 aromatic heterocycles. The summed E-state index contributed by atoms with van der Waals surface area (Å²) in [7, 11) is 0. The SMILES string of the molecule is Cc1cc(C=C(C#N)C(=O)O)ccn1. The Balaban J connectivity index is 3.08. The van der Waals surface area contributed by atoms with Gasteiger partial charge in [-0.15, -0.1) is 0 Å². The molecular weight excluding hydrogens is 180 g/mol. The zero-order chi connectivity index (χ0) is 10.6. The molecule has 1 N–H and O–H groups in total. The number of hydrogen-bond acceptors (Lipinski definition) is 3. The second kappa shape index (κ2) is 4.19. The van der Waals surface area contributed by atoms with Gasteiger partial charge in [0.05, 0.1) is 0 Å². The normalized spacial score (nSPS) is 10.7. The molecule has 0 spiro atoms. The van der Waals surface area contributed by atoms with Crippen LogP contribution in [-0.4, -0.2) is 16.1 Å². The summed E-state index contributed by atoms with van der Waals surface area (Å²) in [5, 5.41) is 17.1. The predicted octanol–water partition coefficient (Wildman–Crippen LogP) is 1.38. The van der Waals surface area contributed by atoms with Crippen LogP contribution in [0.3, 0.4) is 0 Å². The average Bonchev–Trinajstić information content (AvgIpc) is 2.14. The number of aryl methyl sites for hydroxylation is 1. The number of aromatic nitrogens is 1. The number of hydrogen-bond donors (Lipinski definition) is 1. The van der Waals surface area contributed by atoms with Gasteiger partial charge in [0.2, 0.25) is 0 Å². The Hall–Kier alpha value is -2.15. The van der Waals surface area contributed by atoms with E-state index in [1.54, 1.807) is 31.3 Å². The van der Waals surface area contributed by atoms with Gasteiger partial charge in [-0.05, 0) is 30.7 Å². The van der Waals surface area contributed by atoms with E-state index in [0.717, 1.165) is 5.69 Å².